The number of rotatable bonds is 11. The van der Waals surface area contributed by atoms with E-state index in [4.69, 9.17) is 62.5 Å². The Morgan fingerprint density at radius 1 is 0.182 bits per heavy atom. The predicted octanol–water partition coefficient (Wildman–Crippen LogP) is 33.5. The largest absolute Gasteiger partial charge is 0.456 e. The van der Waals surface area contributed by atoms with Crippen LogP contribution in [0.4, 0.5) is 0 Å². The van der Waals surface area contributed by atoms with Crippen LogP contribution in [0, 0.1) is 0 Å². The number of furan rings is 4. The van der Waals surface area contributed by atoms with E-state index in [-0.39, 0.29) is 21.7 Å². The maximum Gasteiger partial charge on any atom is 0.164 e. The molecule has 0 saturated heterocycles. The van der Waals surface area contributed by atoms with Gasteiger partial charge in [-0.1, -0.05) is 383 Å². The van der Waals surface area contributed by atoms with Gasteiger partial charge in [0.25, 0.3) is 0 Å². The lowest BCUT2D eigenvalue weighted by Crippen LogP contribution is -2.19. The summed E-state index contributed by atoms with van der Waals surface area (Å²) in [6, 6.07) is 137. The number of para-hydroxylation sites is 4. The van der Waals surface area contributed by atoms with Crippen molar-refractivity contribution >= 4 is 87.8 Å². The first-order valence-electron chi connectivity index (χ1n) is 49.0. The van der Waals surface area contributed by atoms with Gasteiger partial charge in [-0.15, -0.1) is 0 Å². The molecule has 0 radical (unpaired) electrons. The standard InChI is InChI=1S/C45H33N3O.C43H29N3O2.C42H29N3O/c1-44(2)34-18-10-8-15-28(34)29-22-21-27(25-36(29)44)42-46-41(26-13-6-5-7-14-26)47-43(48-42)33-17-12-19-35-38(33)32-24-23-31-30-16-9-11-20-37(30)49-40(31)39(32)45(35,3)4;1-3-43(2)33-17-11-16-31(37(33)30-22-21-29-27-14-7-10-19-35(27)48-39(29)38(30)43)42-45-40(25-12-5-4-6-13-25)44-41(46-42)26-20-23-36-32(24-26)28-15-8-9-18-34(28)47-36;1-42(2)34-18-11-17-30(36(34)33-25-24-32-31-16-9-10-19-35(31)46-38(32)37(33)42)26-20-22-29(23-21-26)41-44-39(27-12-5-3-6-13-27)43-40(45-41)28-14-7-4-8-15-28/h5-25H,1-4H3;4-24H,3H2,1-2H3;3-25H,1-2H3. The lowest BCUT2D eigenvalue weighted by molar-refractivity contribution is 0.553. The summed E-state index contributed by atoms with van der Waals surface area (Å²) in [5.41, 5.74) is 37.4. The topological polar surface area (TPSA) is 169 Å². The van der Waals surface area contributed by atoms with Crippen molar-refractivity contribution in [1.29, 1.82) is 0 Å². The first-order chi connectivity index (χ1) is 70.0. The van der Waals surface area contributed by atoms with Crippen molar-refractivity contribution in [3.8, 4) is 158 Å². The monoisotopic (exact) mass is 1840 g/mol. The van der Waals surface area contributed by atoms with Crippen molar-refractivity contribution in [3.05, 3.63) is 439 Å². The molecule has 0 fully saturated rings. The van der Waals surface area contributed by atoms with Crippen LogP contribution in [0.2, 0.25) is 0 Å². The Morgan fingerprint density at radius 3 is 0.930 bits per heavy atom. The van der Waals surface area contributed by atoms with Crippen LogP contribution in [-0.4, -0.2) is 44.9 Å². The minimum absolute atomic E-state index is 0.127. The summed E-state index contributed by atoms with van der Waals surface area (Å²) in [5, 5.41) is 9.01. The van der Waals surface area contributed by atoms with Gasteiger partial charge in [-0.2, -0.15) is 0 Å². The van der Waals surface area contributed by atoms with Gasteiger partial charge in [-0.05, 0) is 157 Å². The highest BCUT2D eigenvalue weighted by Crippen LogP contribution is 2.61. The highest BCUT2D eigenvalue weighted by molar-refractivity contribution is 6.14. The first-order valence-corrected chi connectivity index (χ1v) is 49.0. The van der Waals surface area contributed by atoms with Gasteiger partial charge in [0.2, 0.25) is 0 Å². The molecule has 4 aliphatic rings. The molecule has 29 rings (SSSR count). The van der Waals surface area contributed by atoms with Gasteiger partial charge in [0.15, 0.2) is 52.4 Å². The molecule has 7 heterocycles. The Hall–Kier alpha value is -17.8. The average molecular weight is 1840 g/mol. The lowest BCUT2D eigenvalue weighted by atomic mass is 9.77. The highest BCUT2D eigenvalue weighted by atomic mass is 16.3. The fraction of sp³-hybridized carbons (Fsp3) is 0.100. The van der Waals surface area contributed by atoms with Gasteiger partial charge >= 0.3 is 0 Å². The van der Waals surface area contributed by atoms with Crippen LogP contribution < -0.4 is 0 Å². The lowest BCUT2D eigenvalue weighted by Gasteiger charge is -2.25. The molecule has 1 atom stereocenters. The van der Waals surface area contributed by atoms with Gasteiger partial charge in [0.1, 0.15) is 44.7 Å². The van der Waals surface area contributed by atoms with E-state index in [2.05, 4.69) is 292 Å². The molecule has 0 aliphatic heterocycles. The third-order valence-corrected chi connectivity index (χ3v) is 30.5. The predicted molar refractivity (Wildman–Crippen MR) is 578 cm³/mol. The van der Waals surface area contributed by atoms with Crippen LogP contribution in [0.15, 0.2) is 412 Å². The smallest absolute Gasteiger partial charge is 0.164 e. The molecule has 7 aromatic heterocycles. The summed E-state index contributed by atoms with van der Waals surface area (Å²) < 4.78 is 25.9. The van der Waals surface area contributed by atoms with Crippen LogP contribution in [0.1, 0.15) is 106 Å². The maximum atomic E-state index is 6.63. The number of fused-ring (bicyclic) bond motifs is 27. The van der Waals surface area contributed by atoms with Crippen LogP contribution in [0.3, 0.4) is 0 Å². The summed E-state index contributed by atoms with van der Waals surface area (Å²) in [6.45, 7) is 18.4. The van der Waals surface area contributed by atoms with Gasteiger partial charge in [0.05, 0.1) is 0 Å². The Kier molecular flexibility index (Phi) is 19.1. The molecule has 18 aromatic carbocycles. The zero-order chi connectivity index (χ0) is 95.9. The van der Waals surface area contributed by atoms with Crippen molar-refractivity contribution in [3.63, 3.8) is 0 Å². The van der Waals surface area contributed by atoms with E-state index >= 15 is 0 Å². The summed E-state index contributed by atoms with van der Waals surface area (Å²) in [4.78, 5) is 45.7. The van der Waals surface area contributed by atoms with Gasteiger partial charge in [0, 0.05) is 132 Å². The molecule has 680 valence electrons. The van der Waals surface area contributed by atoms with E-state index in [0.29, 0.717) is 52.4 Å². The molecule has 0 saturated carbocycles. The number of aromatic nitrogens is 9. The fourth-order valence-corrected chi connectivity index (χ4v) is 23.3. The molecule has 4 aliphatic carbocycles. The van der Waals surface area contributed by atoms with Crippen LogP contribution in [0.5, 0.6) is 0 Å². The number of benzene rings is 18. The van der Waals surface area contributed by atoms with Crippen LogP contribution >= 0.6 is 0 Å². The molecular formula is C130H91N9O4. The number of hydrogen-bond donors (Lipinski definition) is 0. The number of nitrogens with zero attached hydrogens (tertiary/aromatic N) is 9. The van der Waals surface area contributed by atoms with Crippen LogP contribution in [0.25, 0.3) is 246 Å². The molecule has 13 heteroatoms. The minimum atomic E-state index is -0.285. The molecule has 25 aromatic rings. The van der Waals surface area contributed by atoms with Crippen molar-refractivity contribution in [1.82, 2.24) is 44.9 Å². The highest BCUT2D eigenvalue weighted by Gasteiger charge is 2.46. The summed E-state index contributed by atoms with van der Waals surface area (Å²) in [5.74, 6) is 5.85. The third kappa shape index (κ3) is 13.3. The Labute approximate surface area is 825 Å². The third-order valence-electron chi connectivity index (χ3n) is 30.5. The zero-order valence-corrected chi connectivity index (χ0v) is 79.9. The van der Waals surface area contributed by atoms with Gasteiger partial charge in [-0.25, -0.2) is 44.9 Å². The Balaban J connectivity index is 0.000000107. The van der Waals surface area contributed by atoms with Gasteiger partial charge in [-0.3, -0.25) is 0 Å². The molecule has 13 nitrogen and oxygen atoms in total. The average Bonchev–Trinajstić information content (AvgIpc) is 1.56. The zero-order valence-electron chi connectivity index (χ0n) is 79.9. The second-order valence-electron chi connectivity index (χ2n) is 39.7. The van der Waals surface area contributed by atoms with E-state index in [1.165, 1.54) is 88.8 Å². The summed E-state index contributed by atoms with van der Waals surface area (Å²) in [7, 11) is 0. The molecule has 1 unspecified atom stereocenters. The second-order valence-corrected chi connectivity index (χ2v) is 39.7. The fourth-order valence-electron chi connectivity index (χ4n) is 23.3. The summed E-state index contributed by atoms with van der Waals surface area (Å²) in [6.07, 6.45) is 0.920. The van der Waals surface area contributed by atoms with Crippen molar-refractivity contribution < 1.29 is 17.7 Å². The SMILES string of the molecule is CC1(C)c2cccc(-c3ccc(-c4nc(-c5ccccc5)nc(-c5ccccc5)n4)cc3)c2-c2ccc3c(oc4ccccc43)c21.CC1(C)c2ccccc2-c2ccc(-c3nc(-c4ccccc4)nc(-c4cccc5c4-c4ccc6c(oc7ccccc76)c4C5(C)C)n3)cc21.CCC1(C)c2cccc(-c3nc(-c4ccccc4)nc(-c4ccc5oc6ccccc6c5c4)n3)c2-c2ccc3c(oc4ccccc43)c21. The Morgan fingerprint density at radius 2 is 0.476 bits per heavy atom. The normalized spacial score (nSPS) is 14.5. The minimum Gasteiger partial charge on any atom is -0.456 e. The summed E-state index contributed by atoms with van der Waals surface area (Å²) >= 11 is 0. The molecule has 0 spiro atoms. The maximum absolute atomic E-state index is 6.63. The van der Waals surface area contributed by atoms with Crippen molar-refractivity contribution in [2.75, 3.05) is 0 Å². The van der Waals surface area contributed by atoms with E-state index in [9.17, 15) is 0 Å². The molecular weight excluding hydrogens is 1750 g/mol. The van der Waals surface area contributed by atoms with Crippen LogP contribution in [-0.2, 0) is 21.7 Å². The quantitative estimate of drug-likeness (QED) is 0.120. The van der Waals surface area contributed by atoms with Crippen molar-refractivity contribution in [2.45, 2.75) is 83.5 Å². The molecule has 143 heavy (non-hydrogen) atoms. The molecule has 0 amide bonds. The van der Waals surface area contributed by atoms with Gasteiger partial charge < -0.3 is 17.7 Å². The van der Waals surface area contributed by atoms with E-state index in [1.807, 2.05) is 158 Å². The van der Waals surface area contributed by atoms with E-state index in [1.54, 1.807) is 0 Å². The Bertz CT molecular complexity index is 9510. The van der Waals surface area contributed by atoms with E-state index in [0.717, 1.165) is 156 Å². The van der Waals surface area contributed by atoms with Crippen molar-refractivity contribution in [2.24, 2.45) is 0 Å². The van der Waals surface area contributed by atoms with E-state index < -0.39 is 0 Å². The first kappa shape index (κ1) is 84.5. The molecule has 0 N–H and O–H groups in total. The second kappa shape index (κ2) is 32.4. The number of hydrogen-bond acceptors (Lipinski definition) is 13. The molecule has 0 bridgehead atoms.